The van der Waals surface area contributed by atoms with Crippen LogP contribution in [-0.4, -0.2) is 33.9 Å². The Morgan fingerprint density at radius 2 is 1.73 bits per heavy atom. The molecule has 26 heavy (non-hydrogen) atoms. The van der Waals surface area contributed by atoms with E-state index in [2.05, 4.69) is 5.32 Å². The molecule has 0 saturated heterocycles. The monoisotopic (exact) mass is 365 g/mol. The zero-order valence-corrected chi connectivity index (χ0v) is 16.7. The molecule has 1 unspecified atom stereocenters. The van der Waals surface area contributed by atoms with E-state index in [4.69, 9.17) is 4.74 Å². The van der Waals surface area contributed by atoms with Crippen LogP contribution in [0.3, 0.4) is 0 Å². The van der Waals surface area contributed by atoms with Crippen molar-refractivity contribution in [2.24, 2.45) is 5.41 Å². The highest BCUT2D eigenvalue weighted by Crippen LogP contribution is 2.41. The van der Waals surface area contributed by atoms with Crippen LogP contribution in [0.4, 0.5) is 4.79 Å². The minimum Gasteiger partial charge on any atom is -0.508 e. The smallest absolute Gasteiger partial charge is 0.407 e. The molecule has 1 aromatic carbocycles. The van der Waals surface area contributed by atoms with E-state index in [0.29, 0.717) is 0 Å². The molecular formula is C20H31NO5. The van der Waals surface area contributed by atoms with E-state index in [1.807, 2.05) is 27.7 Å². The highest BCUT2D eigenvalue weighted by Gasteiger charge is 2.37. The number of aryl methyl sites for hydroxylation is 1. The summed E-state index contributed by atoms with van der Waals surface area (Å²) in [4.78, 5) is 23.7. The molecule has 146 valence electrons. The van der Waals surface area contributed by atoms with E-state index in [0.717, 1.165) is 11.1 Å². The summed E-state index contributed by atoms with van der Waals surface area (Å²) in [7, 11) is 0. The van der Waals surface area contributed by atoms with Gasteiger partial charge < -0.3 is 20.3 Å². The number of carboxylic acid groups (broad SMARTS) is 1. The van der Waals surface area contributed by atoms with Crippen LogP contribution in [0.5, 0.6) is 5.75 Å². The highest BCUT2D eigenvalue weighted by atomic mass is 16.6. The van der Waals surface area contributed by atoms with Gasteiger partial charge in [0.25, 0.3) is 0 Å². The van der Waals surface area contributed by atoms with Gasteiger partial charge >= 0.3 is 12.1 Å². The van der Waals surface area contributed by atoms with Crippen molar-refractivity contribution in [2.45, 2.75) is 72.4 Å². The number of phenolic OH excluding ortho intramolecular Hbond substituents is 1. The van der Waals surface area contributed by atoms with E-state index in [-0.39, 0.29) is 23.5 Å². The van der Waals surface area contributed by atoms with Crippen molar-refractivity contribution in [1.29, 1.82) is 0 Å². The van der Waals surface area contributed by atoms with Gasteiger partial charge in [-0.1, -0.05) is 26.8 Å². The van der Waals surface area contributed by atoms with Crippen LogP contribution >= 0.6 is 0 Å². The van der Waals surface area contributed by atoms with Crippen LogP contribution in [0.1, 0.15) is 65.0 Å². The number of aliphatic carboxylic acids is 1. The Kier molecular flexibility index (Phi) is 6.69. The molecule has 0 aromatic heterocycles. The molecule has 0 bridgehead atoms. The Balaban J connectivity index is 3.33. The van der Waals surface area contributed by atoms with Crippen molar-refractivity contribution in [3.8, 4) is 5.75 Å². The Bertz CT molecular complexity index is 655. The maximum absolute atomic E-state index is 12.3. The summed E-state index contributed by atoms with van der Waals surface area (Å²) in [6.45, 7) is 13.1. The van der Waals surface area contributed by atoms with E-state index < -0.39 is 23.7 Å². The maximum Gasteiger partial charge on any atom is 0.407 e. The Morgan fingerprint density at radius 3 is 2.19 bits per heavy atom. The summed E-state index contributed by atoms with van der Waals surface area (Å²) >= 11 is 0. The Morgan fingerprint density at radius 1 is 1.15 bits per heavy atom. The Labute approximate surface area is 155 Å². The number of carbonyl (C=O) groups excluding carboxylic acids is 1. The van der Waals surface area contributed by atoms with Gasteiger partial charge in [0, 0.05) is 12.0 Å². The van der Waals surface area contributed by atoms with Gasteiger partial charge in [0.15, 0.2) is 0 Å². The zero-order chi connectivity index (χ0) is 20.3. The number of nitrogens with one attached hydrogen (secondary N) is 1. The van der Waals surface area contributed by atoms with Crippen molar-refractivity contribution in [3.05, 3.63) is 29.3 Å². The van der Waals surface area contributed by atoms with Crippen LogP contribution in [0.2, 0.25) is 0 Å². The average Bonchev–Trinajstić information content (AvgIpc) is 2.38. The molecule has 6 nitrogen and oxygen atoms in total. The van der Waals surface area contributed by atoms with Crippen molar-refractivity contribution >= 4 is 12.1 Å². The van der Waals surface area contributed by atoms with E-state index in [9.17, 15) is 19.8 Å². The summed E-state index contributed by atoms with van der Waals surface area (Å²) in [5, 5.41) is 22.0. The molecular weight excluding hydrogens is 334 g/mol. The molecule has 0 heterocycles. The van der Waals surface area contributed by atoms with Crippen LogP contribution in [0.15, 0.2) is 18.2 Å². The van der Waals surface area contributed by atoms with Gasteiger partial charge in [-0.15, -0.1) is 0 Å². The van der Waals surface area contributed by atoms with E-state index >= 15 is 0 Å². The highest BCUT2D eigenvalue weighted by molar-refractivity contribution is 5.72. The van der Waals surface area contributed by atoms with Gasteiger partial charge in [0.2, 0.25) is 0 Å². The summed E-state index contributed by atoms with van der Waals surface area (Å²) in [5.74, 6) is -1.25. The Hall–Kier alpha value is -2.24. The van der Waals surface area contributed by atoms with Crippen molar-refractivity contribution < 1.29 is 24.5 Å². The molecule has 0 spiro atoms. The lowest BCUT2D eigenvalue weighted by Gasteiger charge is -2.38. The quantitative estimate of drug-likeness (QED) is 0.727. The van der Waals surface area contributed by atoms with Gasteiger partial charge in [0.1, 0.15) is 11.4 Å². The molecule has 1 aromatic rings. The molecule has 0 radical (unpaired) electrons. The lowest BCUT2D eigenvalue weighted by atomic mass is 9.70. The second kappa shape index (κ2) is 7.98. The SMILES string of the molecule is Cc1ccc(O)cc1C([C@H](CC(=O)O)NC(=O)OC(C)(C)C)C(C)(C)C. The summed E-state index contributed by atoms with van der Waals surface area (Å²) < 4.78 is 5.31. The molecule has 0 saturated carbocycles. The molecule has 3 N–H and O–H groups in total. The van der Waals surface area contributed by atoms with Gasteiger partial charge in [-0.3, -0.25) is 4.79 Å². The number of hydrogen-bond acceptors (Lipinski definition) is 4. The van der Waals surface area contributed by atoms with E-state index in [1.165, 1.54) is 0 Å². The van der Waals surface area contributed by atoms with Crippen LogP contribution in [0.25, 0.3) is 0 Å². The predicted molar refractivity (Wildman–Crippen MR) is 100 cm³/mol. The predicted octanol–water partition coefficient (Wildman–Crippen LogP) is 4.20. The minimum absolute atomic E-state index is 0.103. The standard InChI is InChI=1S/C20H31NO5/c1-12-8-9-13(22)10-14(12)17(19(2,3)4)15(11-16(23)24)21-18(25)26-20(5,6)7/h8-10,15,17,22H,11H2,1-7H3,(H,21,25)(H,23,24)/t15-,17?/m0/s1. The molecule has 6 heteroatoms. The molecule has 0 aliphatic carbocycles. The third-order valence-electron chi connectivity index (χ3n) is 4.03. The van der Waals surface area contributed by atoms with Crippen LogP contribution in [-0.2, 0) is 9.53 Å². The van der Waals surface area contributed by atoms with E-state index in [1.54, 1.807) is 39.0 Å². The summed E-state index contributed by atoms with van der Waals surface area (Å²) in [6.07, 6.45) is -0.910. The first-order valence-corrected chi connectivity index (χ1v) is 8.71. The normalized spacial score (nSPS) is 14.4. The van der Waals surface area contributed by atoms with Gasteiger partial charge in [-0.2, -0.15) is 0 Å². The number of carbonyl (C=O) groups is 2. The number of hydrogen-bond donors (Lipinski definition) is 3. The number of rotatable bonds is 5. The van der Waals surface area contributed by atoms with Gasteiger partial charge in [-0.05, 0) is 56.4 Å². The lowest BCUT2D eigenvalue weighted by molar-refractivity contribution is -0.137. The fourth-order valence-corrected chi connectivity index (χ4v) is 3.15. The van der Waals surface area contributed by atoms with Crippen molar-refractivity contribution in [3.63, 3.8) is 0 Å². The number of benzene rings is 1. The molecule has 1 amide bonds. The molecule has 2 atom stereocenters. The van der Waals surface area contributed by atoms with Crippen molar-refractivity contribution in [1.82, 2.24) is 5.32 Å². The third-order valence-corrected chi connectivity index (χ3v) is 4.03. The van der Waals surface area contributed by atoms with Gasteiger partial charge in [-0.25, -0.2) is 4.79 Å². The number of amides is 1. The molecule has 0 aliphatic heterocycles. The number of aromatic hydroxyl groups is 1. The minimum atomic E-state index is -1.02. The second-order valence-corrected chi connectivity index (χ2v) is 8.74. The fourth-order valence-electron chi connectivity index (χ4n) is 3.15. The number of carboxylic acids is 1. The number of alkyl carbamates (subject to hydrolysis) is 1. The molecule has 0 fully saturated rings. The lowest BCUT2D eigenvalue weighted by Crippen LogP contribution is -2.46. The fraction of sp³-hybridized carbons (Fsp3) is 0.600. The average molecular weight is 365 g/mol. The summed E-state index contributed by atoms with van der Waals surface area (Å²) in [5.41, 5.74) is 0.674. The number of ether oxygens (including phenoxy) is 1. The summed E-state index contributed by atoms with van der Waals surface area (Å²) in [6, 6.07) is 4.32. The zero-order valence-electron chi connectivity index (χ0n) is 16.7. The third kappa shape index (κ3) is 6.58. The molecule has 1 rings (SSSR count). The molecule has 0 aliphatic rings. The number of phenols is 1. The first kappa shape index (κ1) is 21.8. The topological polar surface area (TPSA) is 95.9 Å². The first-order chi connectivity index (χ1) is 11.7. The van der Waals surface area contributed by atoms with Gasteiger partial charge in [0.05, 0.1) is 6.42 Å². The second-order valence-electron chi connectivity index (χ2n) is 8.74. The van der Waals surface area contributed by atoms with Crippen LogP contribution < -0.4 is 5.32 Å². The van der Waals surface area contributed by atoms with Crippen molar-refractivity contribution in [2.75, 3.05) is 0 Å². The maximum atomic E-state index is 12.3. The first-order valence-electron chi connectivity index (χ1n) is 8.71. The largest absolute Gasteiger partial charge is 0.508 e. The van der Waals surface area contributed by atoms with Crippen LogP contribution in [0, 0.1) is 12.3 Å².